The van der Waals surface area contributed by atoms with Gasteiger partial charge in [0.15, 0.2) is 0 Å². The monoisotopic (exact) mass is 291 g/mol. The predicted molar refractivity (Wildman–Crippen MR) is 78.0 cm³/mol. The van der Waals surface area contributed by atoms with Crippen molar-refractivity contribution in [2.75, 3.05) is 12.4 Å². The van der Waals surface area contributed by atoms with Gasteiger partial charge >= 0.3 is 5.97 Å². The van der Waals surface area contributed by atoms with Gasteiger partial charge in [0.2, 0.25) is 0 Å². The lowest BCUT2D eigenvalue weighted by molar-refractivity contribution is -0.385. The number of carbonyl (C=O) groups excluding carboxylic acids is 1. The smallest absolute Gasteiger partial charge is 0.316 e. The van der Waals surface area contributed by atoms with Crippen molar-refractivity contribution in [1.82, 2.24) is 0 Å². The van der Waals surface area contributed by atoms with E-state index in [1.807, 2.05) is 18.2 Å². The third kappa shape index (κ3) is 3.08. The number of rotatable bonds is 5. The highest BCUT2D eigenvalue weighted by Crippen LogP contribution is 2.35. The molecule has 0 spiro atoms. The van der Waals surface area contributed by atoms with Crippen molar-refractivity contribution in [3.05, 3.63) is 46.5 Å². The van der Waals surface area contributed by atoms with Gasteiger partial charge in [-0.3, -0.25) is 14.9 Å². The van der Waals surface area contributed by atoms with Gasteiger partial charge in [-0.05, 0) is 24.4 Å². The average molecular weight is 291 g/mol. The molecule has 0 aliphatic heterocycles. The first-order valence-electron chi connectivity index (χ1n) is 6.08. The zero-order valence-electron chi connectivity index (χ0n) is 10.9. The lowest BCUT2D eigenvalue weighted by Gasteiger charge is -2.06. The number of hydrogen-bond donors (Lipinski definition) is 0. The predicted octanol–water partition coefficient (Wildman–Crippen LogP) is 3.40. The molecule has 0 amide bonds. The highest BCUT2D eigenvalue weighted by atomic mass is 32.2. The largest absolute Gasteiger partial charge is 0.465 e. The van der Waals surface area contributed by atoms with Gasteiger partial charge in [0.05, 0.1) is 27.6 Å². The number of thioether (sulfide) groups is 1. The maximum absolute atomic E-state index is 11.3. The number of carbonyl (C=O) groups is 1. The van der Waals surface area contributed by atoms with Crippen LogP contribution in [0.2, 0.25) is 0 Å². The van der Waals surface area contributed by atoms with Gasteiger partial charge in [-0.25, -0.2) is 0 Å². The second kappa shape index (κ2) is 6.38. The minimum Gasteiger partial charge on any atom is -0.465 e. The second-order valence-electron chi connectivity index (χ2n) is 3.98. The van der Waals surface area contributed by atoms with E-state index < -0.39 is 4.92 Å². The van der Waals surface area contributed by atoms with Crippen LogP contribution < -0.4 is 0 Å². The molecule has 0 bridgehead atoms. The summed E-state index contributed by atoms with van der Waals surface area (Å²) in [7, 11) is 0. The van der Waals surface area contributed by atoms with E-state index in [1.54, 1.807) is 25.1 Å². The van der Waals surface area contributed by atoms with Crippen LogP contribution in [0.1, 0.15) is 6.92 Å². The Morgan fingerprint density at radius 3 is 2.75 bits per heavy atom. The molecule has 2 aromatic rings. The minimum absolute atomic E-state index is 0.0393. The van der Waals surface area contributed by atoms with Gasteiger partial charge in [0.1, 0.15) is 0 Å². The molecule has 0 aromatic heterocycles. The van der Waals surface area contributed by atoms with Crippen LogP contribution in [0.4, 0.5) is 5.69 Å². The molecule has 0 fully saturated rings. The van der Waals surface area contributed by atoms with E-state index in [0.29, 0.717) is 16.9 Å². The number of ether oxygens (including phenoxy) is 1. The van der Waals surface area contributed by atoms with Crippen molar-refractivity contribution in [1.29, 1.82) is 0 Å². The minimum atomic E-state index is -0.407. The van der Waals surface area contributed by atoms with Gasteiger partial charge in [0, 0.05) is 0 Å². The van der Waals surface area contributed by atoms with E-state index in [1.165, 1.54) is 0 Å². The number of hydrogen-bond acceptors (Lipinski definition) is 5. The Kier molecular flexibility index (Phi) is 4.57. The van der Waals surface area contributed by atoms with Crippen LogP contribution in [0.25, 0.3) is 10.8 Å². The van der Waals surface area contributed by atoms with Gasteiger partial charge < -0.3 is 4.74 Å². The Labute approximate surface area is 120 Å². The first kappa shape index (κ1) is 14.3. The van der Waals surface area contributed by atoms with Crippen LogP contribution in [0, 0.1) is 10.1 Å². The summed E-state index contributed by atoms with van der Waals surface area (Å²) in [5.74, 6) is -0.313. The van der Waals surface area contributed by atoms with E-state index in [9.17, 15) is 14.9 Å². The molecule has 20 heavy (non-hydrogen) atoms. The second-order valence-corrected chi connectivity index (χ2v) is 5.00. The molecule has 5 nitrogen and oxygen atoms in total. The Hall–Kier alpha value is -2.08. The number of nitro groups is 1. The molecule has 0 atom stereocenters. The van der Waals surface area contributed by atoms with Crippen molar-refractivity contribution < 1.29 is 14.5 Å². The van der Waals surface area contributed by atoms with Crippen molar-refractivity contribution in [3.8, 4) is 0 Å². The molecule has 0 aliphatic rings. The molecular formula is C14H13NO4S. The summed E-state index contributed by atoms with van der Waals surface area (Å²) in [5.41, 5.74) is 0.0393. The molecule has 104 valence electrons. The maximum atomic E-state index is 11.3. The summed E-state index contributed by atoms with van der Waals surface area (Å²) in [4.78, 5) is 22.7. The van der Waals surface area contributed by atoms with Crippen molar-refractivity contribution >= 4 is 34.2 Å². The topological polar surface area (TPSA) is 69.4 Å². The molecule has 0 aliphatic carbocycles. The Balaban J connectivity index is 2.35. The fraction of sp³-hybridized carbons (Fsp3) is 0.214. The number of nitrogens with zero attached hydrogens (tertiary/aromatic N) is 1. The number of nitro benzene ring substituents is 1. The quantitative estimate of drug-likeness (QED) is 0.365. The molecule has 2 rings (SSSR count). The van der Waals surface area contributed by atoms with Gasteiger partial charge in [-0.2, -0.15) is 0 Å². The van der Waals surface area contributed by atoms with Crippen molar-refractivity contribution in [2.24, 2.45) is 0 Å². The summed E-state index contributed by atoms with van der Waals surface area (Å²) in [5, 5.41) is 12.7. The van der Waals surface area contributed by atoms with Crippen LogP contribution in [-0.2, 0) is 9.53 Å². The molecule has 0 radical (unpaired) electrons. The Bertz CT molecular complexity index is 657. The van der Waals surface area contributed by atoms with Crippen LogP contribution in [0.3, 0.4) is 0 Å². The third-order valence-corrected chi connectivity index (χ3v) is 3.72. The Morgan fingerprint density at radius 1 is 1.30 bits per heavy atom. The van der Waals surface area contributed by atoms with E-state index in [2.05, 4.69) is 0 Å². The highest BCUT2D eigenvalue weighted by Gasteiger charge is 2.19. The number of fused-ring (bicyclic) bond motifs is 1. The fourth-order valence-electron chi connectivity index (χ4n) is 1.88. The summed E-state index contributed by atoms with van der Waals surface area (Å²) in [6, 6.07) is 10.6. The van der Waals surface area contributed by atoms with Gasteiger partial charge in [-0.1, -0.05) is 24.3 Å². The van der Waals surface area contributed by atoms with E-state index in [-0.39, 0.29) is 17.4 Å². The van der Waals surface area contributed by atoms with Crippen LogP contribution in [0.15, 0.2) is 41.3 Å². The zero-order valence-corrected chi connectivity index (χ0v) is 11.7. The zero-order chi connectivity index (χ0) is 14.5. The molecule has 0 unspecified atom stereocenters. The molecular weight excluding hydrogens is 278 g/mol. The standard InChI is InChI=1S/C14H13NO4S/c1-2-19-13(16)9-20-12-8-7-10-5-3-4-6-11(10)14(12)15(17)18/h3-8H,2,9H2,1H3. The highest BCUT2D eigenvalue weighted by molar-refractivity contribution is 8.00. The maximum Gasteiger partial charge on any atom is 0.316 e. The first-order valence-corrected chi connectivity index (χ1v) is 7.06. The fourth-order valence-corrected chi connectivity index (χ4v) is 2.72. The van der Waals surface area contributed by atoms with E-state index in [0.717, 1.165) is 17.1 Å². The SMILES string of the molecule is CCOC(=O)CSc1ccc2ccccc2c1[N+](=O)[O-]. The molecule has 2 aromatic carbocycles. The molecule has 0 saturated heterocycles. The van der Waals surface area contributed by atoms with Crippen LogP contribution in [-0.4, -0.2) is 23.3 Å². The molecule has 0 N–H and O–H groups in total. The summed E-state index contributed by atoms with van der Waals surface area (Å²) in [6.07, 6.45) is 0. The summed E-state index contributed by atoms with van der Waals surface area (Å²) in [6.45, 7) is 2.03. The van der Waals surface area contributed by atoms with Crippen molar-refractivity contribution in [3.63, 3.8) is 0 Å². The molecule has 0 heterocycles. The summed E-state index contributed by atoms with van der Waals surface area (Å²) < 4.78 is 4.82. The van der Waals surface area contributed by atoms with Gasteiger partial charge in [0.25, 0.3) is 5.69 Å². The number of benzene rings is 2. The average Bonchev–Trinajstić information content (AvgIpc) is 2.44. The van der Waals surface area contributed by atoms with Crippen LogP contribution in [0.5, 0.6) is 0 Å². The number of esters is 1. The third-order valence-electron chi connectivity index (χ3n) is 2.70. The first-order chi connectivity index (χ1) is 9.63. The lowest BCUT2D eigenvalue weighted by Crippen LogP contribution is -2.06. The van der Waals surface area contributed by atoms with E-state index in [4.69, 9.17) is 4.74 Å². The lowest BCUT2D eigenvalue weighted by atomic mass is 10.1. The normalized spacial score (nSPS) is 10.4. The van der Waals surface area contributed by atoms with Crippen LogP contribution >= 0.6 is 11.8 Å². The molecule has 0 saturated carbocycles. The Morgan fingerprint density at radius 2 is 2.05 bits per heavy atom. The van der Waals surface area contributed by atoms with Crippen molar-refractivity contribution in [2.45, 2.75) is 11.8 Å². The van der Waals surface area contributed by atoms with Gasteiger partial charge in [-0.15, -0.1) is 11.8 Å². The summed E-state index contributed by atoms with van der Waals surface area (Å²) >= 11 is 1.12. The molecule has 6 heteroatoms. The van der Waals surface area contributed by atoms with E-state index >= 15 is 0 Å².